The van der Waals surface area contributed by atoms with Crippen LogP contribution in [0.3, 0.4) is 0 Å². The number of pyridine rings is 1. The van der Waals surface area contributed by atoms with Gasteiger partial charge in [0.1, 0.15) is 0 Å². The van der Waals surface area contributed by atoms with E-state index in [-0.39, 0.29) is 18.0 Å². The molecule has 0 aliphatic carbocycles. The van der Waals surface area contributed by atoms with Crippen LogP contribution in [-0.2, 0) is 11.3 Å². The van der Waals surface area contributed by atoms with Gasteiger partial charge in [-0.1, -0.05) is 18.2 Å². The summed E-state index contributed by atoms with van der Waals surface area (Å²) in [5.74, 6) is -2.14. The molecule has 2 amide bonds. The minimum Gasteiger partial charge on any atom is -0.479 e. The van der Waals surface area contributed by atoms with E-state index in [1.165, 1.54) is 0 Å². The number of nitrogens with two attached hydrogens (primary N) is 1. The fraction of sp³-hybridized carbons (Fsp3) is 0.0909. The molecule has 158 valence electrons. The van der Waals surface area contributed by atoms with Crippen LogP contribution in [0.4, 0.5) is 5.69 Å². The Bertz CT molecular complexity index is 1120. The number of rotatable bonds is 7. The minimum atomic E-state index is -1.32. The first kappa shape index (κ1) is 22.0. The Morgan fingerprint density at radius 1 is 1.00 bits per heavy atom. The Kier molecular flexibility index (Phi) is 7.01. The number of carbonyl (C=O) groups is 3. The maximum atomic E-state index is 12.7. The number of carbonyl (C=O) groups excluding carboxylic acids is 2. The van der Waals surface area contributed by atoms with Crippen molar-refractivity contribution in [2.45, 2.75) is 11.9 Å². The number of aromatic nitrogens is 1. The highest BCUT2D eigenvalue weighted by molar-refractivity contribution is 7.81. The third kappa shape index (κ3) is 5.47. The van der Waals surface area contributed by atoms with E-state index in [0.717, 1.165) is 5.56 Å². The summed E-state index contributed by atoms with van der Waals surface area (Å²) in [4.78, 5) is 39.9. The lowest BCUT2D eigenvalue weighted by atomic mass is 9.95. The lowest BCUT2D eigenvalue weighted by Crippen LogP contribution is -2.36. The number of hydrogen-bond acceptors (Lipinski definition) is 6. The van der Waals surface area contributed by atoms with Gasteiger partial charge in [0.15, 0.2) is 5.37 Å². The van der Waals surface area contributed by atoms with E-state index >= 15 is 0 Å². The predicted molar refractivity (Wildman–Crippen MR) is 120 cm³/mol. The van der Waals surface area contributed by atoms with E-state index in [1.807, 2.05) is 0 Å². The molecule has 0 saturated carbocycles. The maximum Gasteiger partial charge on any atom is 0.336 e. The zero-order valence-electron chi connectivity index (χ0n) is 16.3. The quantitative estimate of drug-likeness (QED) is 0.285. The molecule has 0 spiro atoms. The number of carboxylic acids is 1. The number of nitrogens with zero attached hydrogens (tertiary/aromatic N) is 1. The topological polar surface area (TPSA) is 134 Å². The first-order valence-corrected chi connectivity index (χ1v) is 9.77. The third-order valence-electron chi connectivity index (χ3n) is 4.47. The molecule has 1 atom stereocenters. The molecule has 0 aliphatic heterocycles. The van der Waals surface area contributed by atoms with Gasteiger partial charge >= 0.3 is 5.97 Å². The molecule has 3 aromatic rings. The van der Waals surface area contributed by atoms with Gasteiger partial charge in [-0.2, -0.15) is 0 Å². The van der Waals surface area contributed by atoms with Crippen molar-refractivity contribution < 1.29 is 19.5 Å². The molecule has 0 aliphatic rings. The van der Waals surface area contributed by atoms with E-state index in [1.54, 1.807) is 67.0 Å². The molecule has 0 radical (unpaired) electrons. The third-order valence-corrected chi connectivity index (χ3v) is 4.82. The Balaban J connectivity index is 1.91. The van der Waals surface area contributed by atoms with Gasteiger partial charge in [0.2, 0.25) is 0 Å². The molecule has 1 heterocycles. The van der Waals surface area contributed by atoms with Crippen molar-refractivity contribution in [3.63, 3.8) is 0 Å². The van der Waals surface area contributed by atoms with Gasteiger partial charge < -0.3 is 21.5 Å². The summed E-state index contributed by atoms with van der Waals surface area (Å²) in [5, 5.41) is 12.7. The van der Waals surface area contributed by atoms with Crippen molar-refractivity contribution in [2.75, 3.05) is 5.32 Å². The van der Waals surface area contributed by atoms with Crippen molar-refractivity contribution in [3.8, 4) is 11.1 Å². The highest BCUT2D eigenvalue weighted by Gasteiger charge is 2.17. The summed E-state index contributed by atoms with van der Waals surface area (Å²) in [6, 6.07) is 15.1. The molecule has 1 aromatic heterocycles. The van der Waals surface area contributed by atoms with E-state index in [2.05, 4.69) is 28.2 Å². The van der Waals surface area contributed by atoms with Gasteiger partial charge in [-0.3, -0.25) is 14.6 Å². The number of thiol groups is 1. The van der Waals surface area contributed by atoms with E-state index in [9.17, 15) is 14.4 Å². The smallest absolute Gasteiger partial charge is 0.336 e. The molecule has 0 fully saturated rings. The predicted octanol–water partition coefficient (Wildman–Crippen LogP) is 2.53. The average molecular weight is 436 g/mol. The highest BCUT2D eigenvalue weighted by atomic mass is 32.1. The zero-order chi connectivity index (χ0) is 22.4. The largest absolute Gasteiger partial charge is 0.479 e. The minimum absolute atomic E-state index is 0.232. The standard InChI is InChI=1S/C22H20N4O4S/c23-12-16-5-4-15(19(27)25-17-6-8-24-9-7-17)11-18(16)13-2-1-3-14(10-13)20(28)26-21(31)22(29)30/h1-11,21,31H,12,23H2,(H,26,28)(H,29,30)(H,24,25,27). The number of carboxylic acid groups (broad SMARTS) is 1. The summed E-state index contributed by atoms with van der Waals surface area (Å²) in [7, 11) is 0. The van der Waals surface area contributed by atoms with E-state index < -0.39 is 17.3 Å². The van der Waals surface area contributed by atoms with Gasteiger partial charge in [0.25, 0.3) is 11.8 Å². The molecule has 8 nitrogen and oxygen atoms in total. The summed E-state index contributed by atoms with van der Waals surface area (Å²) >= 11 is 3.82. The number of amides is 2. The van der Waals surface area contributed by atoms with Crippen LogP contribution < -0.4 is 16.4 Å². The fourth-order valence-electron chi connectivity index (χ4n) is 2.90. The number of nitrogens with one attached hydrogen (secondary N) is 2. The van der Waals surface area contributed by atoms with E-state index in [0.29, 0.717) is 22.4 Å². The monoisotopic (exact) mass is 436 g/mol. The van der Waals surface area contributed by atoms with Crippen LogP contribution in [0.25, 0.3) is 11.1 Å². The zero-order valence-corrected chi connectivity index (χ0v) is 17.2. The number of aliphatic carboxylic acids is 1. The van der Waals surface area contributed by atoms with Gasteiger partial charge in [-0.25, -0.2) is 4.79 Å². The molecule has 3 rings (SSSR count). The average Bonchev–Trinajstić information content (AvgIpc) is 2.79. The second-order valence-electron chi connectivity index (χ2n) is 6.56. The molecule has 0 saturated heterocycles. The van der Waals surface area contributed by atoms with Gasteiger partial charge in [-0.05, 0) is 53.1 Å². The number of hydrogen-bond donors (Lipinski definition) is 5. The molecule has 2 aromatic carbocycles. The van der Waals surface area contributed by atoms with Crippen LogP contribution in [0, 0.1) is 0 Å². The summed E-state index contributed by atoms with van der Waals surface area (Å²) in [5.41, 5.74) is 9.31. The molecule has 0 bridgehead atoms. The van der Waals surface area contributed by atoms with Crippen molar-refractivity contribution >= 4 is 36.1 Å². The molecule has 9 heteroatoms. The molecule has 31 heavy (non-hydrogen) atoms. The molecule has 5 N–H and O–H groups in total. The normalized spacial score (nSPS) is 11.4. The summed E-state index contributed by atoms with van der Waals surface area (Å²) in [6.45, 7) is 0.232. The highest BCUT2D eigenvalue weighted by Crippen LogP contribution is 2.26. The van der Waals surface area contributed by atoms with Crippen molar-refractivity contribution in [2.24, 2.45) is 5.73 Å². The Morgan fingerprint density at radius 2 is 1.71 bits per heavy atom. The Morgan fingerprint density at radius 3 is 2.39 bits per heavy atom. The lowest BCUT2D eigenvalue weighted by Gasteiger charge is -2.13. The van der Waals surface area contributed by atoms with Crippen LogP contribution in [0.2, 0.25) is 0 Å². The number of anilines is 1. The van der Waals surface area contributed by atoms with Gasteiger partial charge in [0.05, 0.1) is 0 Å². The van der Waals surface area contributed by atoms with Crippen LogP contribution in [0.5, 0.6) is 0 Å². The first-order chi connectivity index (χ1) is 14.9. The Labute approximate surface area is 183 Å². The van der Waals surface area contributed by atoms with Gasteiger partial charge in [-0.15, -0.1) is 12.6 Å². The van der Waals surface area contributed by atoms with Crippen molar-refractivity contribution in [1.82, 2.24) is 10.3 Å². The SMILES string of the molecule is NCc1ccc(C(=O)Nc2ccncc2)cc1-c1cccc(C(=O)NC(S)C(=O)O)c1. The summed E-state index contributed by atoms with van der Waals surface area (Å²) < 4.78 is 0. The molecular weight excluding hydrogens is 416 g/mol. The van der Waals surface area contributed by atoms with Crippen molar-refractivity contribution in [1.29, 1.82) is 0 Å². The van der Waals surface area contributed by atoms with Gasteiger partial charge in [0, 0.05) is 35.8 Å². The molecular formula is C22H20N4O4S. The summed E-state index contributed by atoms with van der Waals surface area (Å²) in [6.07, 6.45) is 3.16. The first-order valence-electron chi connectivity index (χ1n) is 9.25. The number of benzene rings is 2. The maximum absolute atomic E-state index is 12.7. The van der Waals surface area contributed by atoms with Crippen LogP contribution >= 0.6 is 12.6 Å². The molecule has 1 unspecified atom stereocenters. The lowest BCUT2D eigenvalue weighted by molar-refractivity contribution is -0.136. The Hall–Kier alpha value is -3.69. The van der Waals surface area contributed by atoms with Crippen LogP contribution in [0.15, 0.2) is 67.0 Å². The second kappa shape index (κ2) is 9.88. The van der Waals surface area contributed by atoms with Crippen LogP contribution in [-0.4, -0.2) is 33.2 Å². The van der Waals surface area contributed by atoms with Crippen molar-refractivity contribution in [3.05, 3.63) is 83.7 Å². The van der Waals surface area contributed by atoms with Crippen LogP contribution in [0.1, 0.15) is 26.3 Å². The second-order valence-corrected chi connectivity index (χ2v) is 7.08. The fourth-order valence-corrected chi connectivity index (χ4v) is 3.02. The van der Waals surface area contributed by atoms with E-state index in [4.69, 9.17) is 10.8 Å².